The Balaban J connectivity index is 1.88. The summed E-state index contributed by atoms with van der Waals surface area (Å²) < 4.78 is 5.46. The molecule has 0 aliphatic heterocycles. The molecule has 0 amide bonds. The summed E-state index contributed by atoms with van der Waals surface area (Å²) in [5.74, 6) is 1.87. The molecule has 1 aromatic heterocycles. The maximum absolute atomic E-state index is 5.46. The van der Waals surface area contributed by atoms with Crippen LogP contribution in [0.3, 0.4) is 0 Å². The van der Waals surface area contributed by atoms with E-state index in [4.69, 9.17) is 4.42 Å². The number of hydrogen-bond donors (Lipinski definition) is 0. The Kier molecular flexibility index (Phi) is 5.11. The second-order valence-corrected chi connectivity index (χ2v) is 5.70. The molecule has 0 spiro atoms. The van der Waals surface area contributed by atoms with E-state index in [0.717, 1.165) is 29.6 Å². The lowest BCUT2D eigenvalue weighted by Gasteiger charge is -2.25. The first-order chi connectivity index (χ1) is 8.33. The minimum Gasteiger partial charge on any atom is -0.468 e. The zero-order valence-electron chi connectivity index (χ0n) is 10.6. The van der Waals surface area contributed by atoms with Gasteiger partial charge in [0.05, 0.1) is 12.8 Å². The Hall–Kier alpha value is -0.280. The zero-order valence-corrected chi connectivity index (χ0v) is 12.2. The monoisotopic (exact) mass is 299 g/mol. The summed E-state index contributed by atoms with van der Waals surface area (Å²) in [5, 5.41) is 1.11. The molecule has 0 bridgehead atoms. The van der Waals surface area contributed by atoms with E-state index in [2.05, 4.69) is 33.8 Å². The highest BCUT2D eigenvalue weighted by Crippen LogP contribution is 2.30. The van der Waals surface area contributed by atoms with Crippen molar-refractivity contribution in [3.63, 3.8) is 0 Å². The van der Waals surface area contributed by atoms with Crippen LogP contribution in [0.4, 0.5) is 0 Å². The van der Waals surface area contributed by atoms with Gasteiger partial charge >= 0.3 is 0 Å². The molecule has 96 valence electrons. The molecule has 1 aliphatic carbocycles. The van der Waals surface area contributed by atoms with Gasteiger partial charge in [-0.2, -0.15) is 0 Å². The standard InChI is InChI=1S/C14H22BrNO/c1-2-4-12(9-15)10-16(13-6-7-13)11-14-5-3-8-17-14/h3,5,8,12-13H,2,4,6-7,9-11H2,1H3. The first-order valence-corrected chi connectivity index (χ1v) is 7.78. The summed E-state index contributed by atoms with van der Waals surface area (Å²) in [4.78, 5) is 2.60. The van der Waals surface area contributed by atoms with Crippen molar-refractivity contribution in [1.29, 1.82) is 0 Å². The first-order valence-electron chi connectivity index (χ1n) is 6.65. The second kappa shape index (κ2) is 6.60. The third-order valence-corrected chi connectivity index (χ3v) is 4.33. The fourth-order valence-corrected chi connectivity index (χ4v) is 2.87. The van der Waals surface area contributed by atoms with Gasteiger partial charge in [0.15, 0.2) is 0 Å². The fourth-order valence-electron chi connectivity index (χ4n) is 2.34. The fraction of sp³-hybridized carbons (Fsp3) is 0.714. The van der Waals surface area contributed by atoms with Gasteiger partial charge in [-0.25, -0.2) is 0 Å². The molecule has 1 atom stereocenters. The average molecular weight is 300 g/mol. The van der Waals surface area contributed by atoms with Crippen LogP contribution < -0.4 is 0 Å². The molecule has 0 saturated heterocycles. The Morgan fingerprint density at radius 2 is 2.35 bits per heavy atom. The van der Waals surface area contributed by atoms with E-state index in [1.165, 1.54) is 32.2 Å². The van der Waals surface area contributed by atoms with E-state index in [-0.39, 0.29) is 0 Å². The number of nitrogens with zero attached hydrogens (tertiary/aromatic N) is 1. The molecule has 0 aromatic carbocycles. The summed E-state index contributed by atoms with van der Waals surface area (Å²) in [6, 6.07) is 4.87. The first kappa shape index (κ1) is 13.2. The molecule has 0 radical (unpaired) electrons. The molecule has 1 unspecified atom stereocenters. The van der Waals surface area contributed by atoms with Crippen molar-refractivity contribution in [3.05, 3.63) is 24.2 Å². The molecular formula is C14H22BrNO. The van der Waals surface area contributed by atoms with Crippen molar-refractivity contribution < 1.29 is 4.42 Å². The normalized spacial score (nSPS) is 17.6. The van der Waals surface area contributed by atoms with Crippen LogP contribution in [0.15, 0.2) is 22.8 Å². The van der Waals surface area contributed by atoms with Gasteiger partial charge in [-0.15, -0.1) is 0 Å². The summed E-state index contributed by atoms with van der Waals surface area (Å²) >= 11 is 3.64. The number of rotatable bonds is 8. The summed E-state index contributed by atoms with van der Waals surface area (Å²) in [6.45, 7) is 4.44. The van der Waals surface area contributed by atoms with Crippen LogP contribution in [0.1, 0.15) is 38.4 Å². The molecule has 2 nitrogen and oxygen atoms in total. The summed E-state index contributed by atoms with van der Waals surface area (Å²) in [6.07, 6.45) is 7.08. The molecule has 0 N–H and O–H groups in total. The van der Waals surface area contributed by atoms with Gasteiger partial charge in [-0.05, 0) is 37.3 Å². The van der Waals surface area contributed by atoms with Crippen LogP contribution >= 0.6 is 15.9 Å². The highest BCUT2D eigenvalue weighted by atomic mass is 79.9. The van der Waals surface area contributed by atoms with Crippen LogP contribution in [0.25, 0.3) is 0 Å². The average Bonchev–Trinajstić information content (AvgIpc) is 3.06. The molecule has 2 rings (SSSR count). The van der Waals surface area contributed by atoms with Gasteiger partial charge < -0.3 is 4.42 Å². The van der Waals surface area contributed by atoms with Crippen molar-refractivity contribution >= 4 is 15.9 Å². The van der Waals surface area contributed by atoms with Crippen molar-refractivity contribution in [2.75, 3.05) is 11.9 Å². The molecular weight excluding hydrogens is 278 g/mol. The van der Waals surface area contributed by atoms with Crippen molar-refractivity contribution in [2.24, 2.45) is 5.92 Å². The molecule has 1 fully saturated rings. The van der Waals surface area contributed by atoms with Crippen LogP contribution in [0.5, 0.6) is 0 Å². The Morgan fingerprint density at radius 1 is 1.53 bits per heavy atom. The number of halogens is 1. The SMILES string of the molecule is CCCC(CBr)CN(Cc1ccco1)C1CC1. The van der Waals surface area contributed by atoms with Crippen LogP contribution in [-0.4, -0.2) is 22.8 Å². The lowest BCUT2D eigenvalue weighted by molar-refractivity contribution is 0.201. The van der Waals surface area contributed by atoms with E-state index in [0.29, 0.717) is 0 Å². The zero-order chi connectivity index (χ0) is 12.1. The van der Waals surface area contributed by atoms with Crippen molar-refractivity contribution in [1.82, 2.24) is 4.90 Å². The lowest BCUT2D eigenvalue weighted by atomic mass is 10.1. The van der Waals surface area contributed by atoms with E-state index < -0.39 is 0 Å². The third-order valence-electron chi connectivity index (χ3n) is 3.41. The Bertz CT molecular complexity index is 308. The van der Waals surface area contributed by atoms with E-state index in [1.54, 1.807) is 6.26 Å². The number of furan rings is 1. The smallest absolute Gasteiger partial charge is 0.117 e. The van der Waals surface area contributed by atoms with E-state index in [9.17, 15) is 0 Å². The van der Waals surface area contributed by atoms with E-state index >= 15 is 0 Å². The summed E-state index contributed by atoms with van der Waals surface area (Å²) in [7, 11) is 0. The predicted molar refractivity (Wildman–Crippen MR) is 74.3 cm³/mol. The quantitative estimate of drug-likeness (QED) is 0.673. The Morgan fingerprint density at radius 3 is 2.88 bits per heavy atom. The van der Waals surface area contributed by atoms with Gasteiger partial charge in [0.25, 0.3) is 0 Å². The van der Waals surface area contributed by atoms with Gasteiger partial charge in [-0.3, -0.25) is 4.90 Å². The van der Waals surface area contributed by atoms with Gasteiger partial charge in [0, 0.05) is 17.9 Å². The second-order valence-electron chi connectivity index (χ2n) is 5.05. The highest BCUT2D eigenvalue weighted by molar-refractivity contribution is 9.09. The van der Waals surface area contributed by atoms with Gasteiger partial charge in [0.2, 0.25) is 0 Å². The van der Waals surface area contributed by atoms with Crippen LogP contribution in [0, 0.1) is 5.92 Å². The van der Waals surface area contributed by atoms with Crippen LogP contribution in [0.2, 0.25) is 0 Å². The Labute approximate surface area is 112 Å². The maximum atomic E-state index is 5.46. The third kappa shape index (κ3) is 4.14. The lowest BCUT2D eigenvalue weighted by Crippen LogP contribution is -2.31. The molecule has 3 heteroatoms. The van der Waals surface area contributed by atoms with E-state index in [1.807, 2.05) is 6.07 Å². The van der Waals surface area contributed by atoms with Crippen molar-refractivity contribution in [2.45, 2.75) is 45.2 Å². The minimum atomic E-state index is 0.774. The highest BCUT2D eigenvalue weighted by Gasteiger charge is 2.30. The molecule has 1 aliphatic rings. The van der Waals surface area contributed by atoms with Crippen molar-refractivity contribution in [3.8, 4) is 0 Å². The minimum absolute atomic E-state index is 0.774. The largest absolute Gasteiger partial charge is 0.468 e. The van der Waals surface area contributed by atoms with Crippen LogP contribution in [-0.2, 0) is 6.54 Å². The molecule has 1 heterocycles. The van der Waals surface area contributed by atoms with Gasteiger partial charge in [0.1, 0.15) is 5.76 Å². The summed E-state index contributed by atoms with van der Waals surface area (Å²) in [5.41, 5.74) is 0. The molecule has 1 saturated carbocycles. The number of alkyl halides is 1. The number of hydrogen-bond acceptors (Lipinski definition) is 2. The predicted octanol–water partition coefficient (Wildman–Crippen LogP) is 4.06. The molecule has 17 heavy (non-hydrogen) atoms. The van der Waals surface area contributed by atoms with Gasteiger partial charge in [-0.1, -0.05) is 29.3 Å². The molecule has 1 aromatic rings. The maximum Gasteiger partial charge on any atom is 0.117 e. The topological polar surface area (TPSA) is 16.4 Å².